The van der Waals surface area contributed by atoms with Gasteiger partial charge in [0.05, 0.1) is 9.50 Å². The van der Waals surface area contributed by atoms with Crippen LogP contribution in [0.15, 0.2) is 40.9 Å². The molecule has 0 saturated heterocycles. The van der Waals surface area contributed by atoms with Crippen LogP contribution in [0, 0.1) is 5.82 Å². The van der Waals surface area contributed by atoms with E-state index in [1.165, 1.54) is 12.1 Å². The molecule has 0 bridgehead atoms. The average Bonchev–Trinajstić information content (AvgIpc) is 2.36. The Hall–Kier alpha value is -1.10. The first kappa shape index (κ1) is 14.3. The third kappa shape index (κ3) is 3.47. The Kier molecular flexibility index (Phi) is 4.45. The molecule has 2 aromatic carbocycles. The molecule has 2 N–H and O–H groups in total. The number of rotatable bonds is 3. The Bertz CT molecular complexity index is 587. The molecule has 2 nitrogen and oxygen atoms in total. The molecule has 0 saturated carbocycles. The molecule has 0 spiro atoms. The van der Waals surface area contributed by atoms with Crippen LogP contribution in [0.4, 0.5) is 4.39 Å². The van der Waals surface area contributed by atoms with Crippen molar-refractivity contribution in [2.45, 2.75) is 13.0 Å². The first-order chi connectivity index (χ1) is 8.97. The van der Waals surface area contributed by atoms with Crippen molar-refractivity contribution in [1.29, 1.82) is 0 Å². The van der Waals surface area contributed by atoms with E-state index in [-0.39, 0.29) is 11.1 Å². The van der Waals surface area contributed by atoms with Crippen molar-refractivity contribution >= 4 is 27.5 Å². The lowest BCUT2D eigenvalue weighted by Gasteiger charge is -2.10. The van der Waals surface area contributed by atoms with Gasteiger partial charge in [0.1, 0.15) is 17.3 Å². The van der Waals surface area contributed by atoms with Crippen LogP contribution >= 0.6 is 27.5 Å². The molecule has 0 aliphatic carbocycles. The molecule has 0 aromatic heterocycles. The van der Waals surface area contributed by atoms with Gasteiger partial charge in [0.2, 0.25) is 0 Å². The summed E-state index contributed by atoms with van der Waals surface area (Å²) in [4.78, 5) is 0. The van der Waals surface area contributed by atoms with E-state index in [2.05, 4.69) is 15.9 Å². The molecule has 0 aliphatic rings. The molecule has 0 fully saturated rings. The van der Waals surface area contributed by atoms with Crippen LogP contribution in [0.25, 0.3) is 0 Å². The van der Waals surface area contributed by atoms with E-state index in [0.29, 0.717) is 16.0 Å². The summed E-state index contributed by atoms with van der Waals surface area (Å²) in [5.74, 6) is 0.453. The van der Waals surface area contributed by atoms with E-state index in [4.69, 9.17) is 22.1 Å². The molecule has 2 aromatic rings. The average molecular weight is 345 g/mol. The second kappa shape index (κ2) is 5.90. The lowest BCUT2D eigenvalue weighted by Crippen LogP contribution is -2.04. The Balaban J connectivity index is 2.24. The van der Waals surface area contributed by atoms with E-state index in [9.17, 15) is 4.39 Å². The first-order valence-electron chi connectivity index (χ1n) is 5.65. The smallest absolute Gasteiger partial charge is 0.145 e. The molecule has 5 heteroatoms. The summed E-state index contributed by atoms with van der Waals surface area (Å²) in [5, 5.41) is 0.0477. The number of benzene rings is 2. The molecular formula is C14H12BrClFNO. The van der Waals surface area contributed by atoms with Crippen molar-refractivity contribution in [3.8, 4) is 11.5 Å². The van der Waals surface area contributed by atoms with Gasteiger partial charge >= 0.3 is 0 Å². The van der Waals surface area contributed by atoms with Gasteiger partial charge in [-0.25, -0.2) is 4.39 Å². The van der Waals surface area contributed by atoms with Crippen LogP contribution in [0.3, 0.4) is 0 Å². The van der Waals surface area contributed by atoms with Crippen LogP contribution in [-0.4, -0.2) is 0 Å². The predicted octanol–water partition coefficient (Wildman–Crippen LogP) is 5.05. The summed E-state index contributed by atoms with van der Waals surface area (Å²) in [7, 11) is 0. The van der Waals surface area contributed by atoms with Crippen LogP contribution in [0.1, 0.15) is 18.5 Å². The van der Waals surface area contributed by atoms with Gasteiger partial charge in [-0.2, -0.15) is 0 Å². The van der Waals surface area contributed by atoms with Crippen molar-refractivity contribution in [3.05, 3.63) is 57.3 Å². The molecule has 19 heavy (non-hydrogen) atoms. The lowest BCUT2D eigenvalue weighted by atomic mass is 10.1. The Labute approximate surface area is 124 Å². The fraction of sp³-hybridized carbons (Fsp3) is 0.143. The largest absolute Gasteiger partial charge is 0.456 e. The summed E-state index contributed by atoms with van der Waals surface area (Å²) in [6, 6.07) is 10.00. The van der Waals surface area contributed by atoms with E-state index in [1.807, 2.05) is 19.1 Å². The Morgan fingerprint density at radius 2 is 1.89 bits per heavy atom. The minimum atomic E-state index is -0.521. The highest BCUT2D eigenvalue weighted by molar-refractivity contribution is 9.10. The zero-order valence-corrected chi connectivity index (χ0v) is 12.5. The van der Waals surface area contributed by atoms with Gasteiger partial charge in [-0.15, -0.1) is 0 Å². The molecule has 0 aliphatic heterocycles. The number of hydrogen-bond donors (Lipinski definition) is 1. The monoisotopic (exact) mass is 343 g/mol. The molecule has 0 heterocycles. The highest BCUT2D eigenvalue weighted by atomic mass is 79.9. The quantitative estimate of drug-likeness (QED) is 0.790. The lowest BCUT2D eigenvalue weighted by molar-refractivity contribution is 0.473. The standard InChI is InChI=1S/C14H12BrClFNO/c1-8(18)9-2-4-10(5-3-9)19-14-7-13(17)12(16)6-11(14)15/h2-8H,18H2,1H3/t8-/m1/s1. The maximum Gasteiger partial charge on any atom is 0.145 e. The number of halogens is 3. The minimum Gasteiger partial charge on any atom is -0.456 e. The highest BCUT2D eigenvalue weighted by Gasteiger charge is 2.09. The summed E-state index contributed by atoms with van der Waals surface area (Å²) >= 11 is 8.95. The van der Waals surface area contributed by atoms with Crippen molar-refractivity contribution in [2.24, 2.45) is 5.73 Å². The SMILES string of the molecule is C[C@@H](N)c1ccc(Oc2cc(F)c(Cl)cc2Br)cc1. The maximum absolute atomic E-state index is 13.4. The van der Waals surface area contributed by atoms with Crippen molar-refractivity contribution in [2.75, 3.05) is 0 Å². The van der Waals surface area contributed by atoms with Gasteiger partial charge in [-0.1, -0.05) is 23.7 Å². The van der Waals surface area contributed by atoms with E-state index >= 15 is 0 Å². The third-order valence-electron chi connectivity index (χ3n) is 2.61. The minimum absolute atomic E-state index is 0.0336. The number of hydrogen-bond acceptors (Lipinski definition) is 2. The maximum atomic E-state index is 13.4. The molecule has 0 amide bonds. The van der Waals surface area contributed by atoms with Crippen molar-refractivity contribution in [1.82, 2.24) is 0 Å². The van der Waals surface area contributed by atoms with Gasteiger partial charge in [0.15, 0.2) is 0 Å². The number of nitrogens with two attached hydrogens (primary N) is 1. The molecule has 2 rings (SSSR count). The number of ether oxygens (including phenoxy) is 1. The summed E-state index contributed by atoms with van der Waals surface area (Å²) < 4.78 is 19.6. The van der Waals surface area contributed by atoms with Crippen LogP contribution < -0.4 is 10.5 Å². The molecule has 1 atom stereocenters. The second-order valence-corrected chi connectivity index (χ2v) is 5.42. The summed E-state index contributed by atoms with van der Waals surface area (Å²) in [6.07, 6.45) is 0. The van der Waals surface area contributed by atoms with Gasteiger partial charge in [0, 0.05) is 12.1 Å². The van der Waals surface area contributed by atoms with Crippen LogP contribution in [-0.2, 0) is 0 Å². The van der Waals surface area contributed by atoms with E-state index in [1.54, 1.807) is 12.1 Å². The zero-order valence-electron chi connectivity index (χ0n) is 10.2. The molecule has 0 radical (unpaired) electrons. The predicted molar refractivity (Wildman–Crippen MR) is 78.2 cm³/mol. The van der Waals surface area contributed by atoms with Crippen LogP contribution in [0.2, 0.25) is 5.02 Å². The normalized spacial score (nSPS) is 12.3. The van der Waals surface area contributed by atoms with Crippen molar-refractivity contribution < 1.29 is 9.13 Å². The molecule has 0 unspecified atom stereocenters. The fourth-order valence-corrected chi connectivity index (χ4v) is 2.27. The van der Waals surface area contributed by atoms with E-state index in [0.717, 1.165) is 5.56 Å². The van der Waals surface area contributed by atoms with Gasteiger partial charge in [-0.05, 0) is 46.6 Å². The molecular weight excluding hydrogens is 333 g/mol. The Morgan fingerprint density at radius 1 is 1.26 bits per heavy atom. The Morgan fingerprint density at radius 3 is 2.47 bits per heavy atom. The summed E-state index contributed by atoms with van der Waals surface area (Å²) in [6.45, 7) is 1.90. The van der Waals surface area contributed by atoms with Crippen LogP contribution in [0.5, 0.6) is 11.5 Å². The molecule has 100 valence electrons. The third-order valence-corrected chi connectivity index (χ3v) is 3.52. The van der Waals surface area contributed by atoms with Crippen molar-refractivity contribution in [3.63, 3.8) is 0 Å². The zero-order chi connectivity index (χ0) is 14.0. The highest BCUT2D eigenvalue weighted by Crippen LogP contribution is 2.33. The topological polar surface area (TPSA) is 35.2 Å². The van der Waals surface area contributed by atoms with Gasteiger partial charge < -0.3 is 10.5 Å². The second-order valence-electron chi connectivity index (χ2n) is 4.16. The summed E-state index contributed by atoms with van der Waals surface area (Å²) in [5.41, 5.74) is 6.77. The first-order valence-corrected chi connectivity index (χ1v) is 6.82. The fourth-order valence-electron chi connectivity index (χ4n) is 1.55. The van der Waals surface area contributed by atoms with E-state index < -0.39 is 5.82 Å². The van der Waals surface area contributed by atoms with Gasteiger partial charge in [0.25, 0.3) is 0 Å². The van der Waals surface area contributed by atoms with Gasteiger partial charge in [-0.3, -0.25) is 0 Å².